The van der Waals surface area contributed by atoms with Crippen LogP contribution in [0.5, 0.6) is 5.75 Å². The third-order valence-corrected chi connectivity index (χ3v) is 5.40. The normalized spacial score (nSPS) is 23.1. The second-order valence-corrected chi connectivity index (χ2v) is 7.33. The van der Waals surface area contributed by atoms with Gasteiger partial charge in [-0.25, -0.2) is 4.98 Å². The number of carbonyl (C=O) groups is 2. The molecular weight excluding hydrogens is 362 g/mol. The Morgan fingerprint density at radius 3 is 2.96 bits per heavy atom. The molecule has 3 N–H and O–H groups in total. The van der Waals surface area contributed by atoms with Crippen molar-refractivity contribution in [2.45, 2.75) is 44.9 Å². The summed E-state index contributed by atoms with van der Waals surface area (Å²) >= 11 is 0. The molecule has 0 saturated heterocycles. The first-order valence-electron chi connectivity index (χ1n) is 9.42. The van der Waals surface area contributed by atoms with Crippen LogP contribution in [0.25, 0.3) is 0 Å². The standard InChI is InChI=1S/C20H23N3O5/c1-11-18(22-10-28-11)20(26)23-15-7-14(8-16(15)24)19(25)21-9-12-2-3-17-13(6-12)4-5-27-17/h2-3,6,10,14-16,24H,4-5,7-9H2,1H3,(H,21,25)(H,23,26)/t14-,15+,16+/m0/s1. The van der Waals surface area contributed by atoms with Crippen molar-refractivity contribution in [2.24, 2.45) is 5.92 Å². The summed E-state index contributed by atoms with van der Waals surface area (Å²) in [5.41, 5.74) is 2.37. The maximum atomic E-state index is 12.5. The molecule has 28 heavy (non-hydrogen) atoms. The number of oxazole rings is 1. The van der Waals surface area contributed by atoms with Crippen LogP contribution in [0.1, 0.15) is 40.2 Å². The molecule has 2 amide bonds. The minimum atomic E-state index is -0.774. The summed E-state index contributed by atoms with van der Waals surface area (Å²) in [5.74, 6) is 0.451. The van der Waals surface area contributed by atoms with E-state index < -0.39 is 18.1 Å². The summed E-state index contributed by atoms with van der Waals surface area (Å²) in [6, 6.07) is 5.43. The Kier molecular flexibility index (Phi) is 5.04. The van der Waals surface area contributed by atoms with Crippen LogP contribution in [0.15, 0.2) is 29.0 Å². The van der Waals surface area contributed by atoms with Crippen molar-refractivity contribution in [3.8, 4) is 5.75 Å². The lowest BCUT2D eigenvalue weighted by Gasteiger charge is -2.15. The maximum absolute atomic E-state index is 12.5. The lowest BCUT2D eigenvalue weighted by molar-refractivity contribution is -0.125. The number of benzene rings is 1. The predicted octanol–water partition coefficient (Wildman–Crippen LogP) is 1.10. The first kappa shape index (κ1) is 18.5. The van der Waals surface area contributed by atoms with Gasteiger partial charge in [-0.15, -0.1) is 0 Å². The van der Waals surface area contributed by atoms with Gasteiger partial charge in [-0.05, 0) is 37.0 Å². The summed E-state index contributed by atoms with van der Waals surface area (Å²) in [5, 5.41) is 15.9. The van der Waals surface area contributed by atoms with E-state index in [1.165, 1.54) is 6.39 Å². The van der Waals surface area contributed by atoms with E-state index in [4.69, 9.17) is 9.15 Å². The quantitative estimate of drug-likeness (QED) is 0.710. The van der Waals surface area contributed by atoms with Gasteiger partial charge < -0.3 is 24.9 Å². The maximum Gasteiger partial charge on any atom is 0.273 e. The Labute approximate surface area is 162 Å². The lowest BCUT2D eigenvalue weighted by atomic mass is 10.1. The highest BCUT2D eigenvalue weighted by Gasteiger charge is 2.38. The van der Waals surface area contributed by atoms with Crippen molar-refractivity contribution < 1.29 is 23.8 Å². The molecule has 1 aromatic carbocycles. The highest BCUT2D eigenvalue weighted by molar-refractivity contribution is 5.93. The SMILES string of the molecule is Cc1ocnc1C(=O)N[C@@H]1C[C@H](C(=O)NCc2ccc3c(c2)CCO3)C[C@H]1O. The van der Waals surface area contributed by atoms with Crippen LogP contribution >= 0.6 is 0 Å². The first-order chi connectivity index (χ1) is 13.5. The molecule has 4 rings (SSSR count). The highest BCUT2D eigenvalue weighted by atomic mass is 16.5. The van der Waals surface area contributed by atoms with E-state index in [9.17, 15) is 14.7 Å². The van der Waals surface area contributed by atoms with E-state index in [0.717, 1.165) is 23.3 Å². The van der Waals surface area contributed by atoms with Gasteiger partial charge >= 0.3 is 0 Å². The molecule has 0 unspecified atom stereocenters. The Morgan fingerprint density at radius 2 is 2.18 bits per heavy atom. The number of aryl methyl sites for hydroxylation is 1. The second kappa shape index (κ2) is 7.63. The van der Waals surface area contributed by atoms with E-state index in [0.29, 0.717) is 31.8 Å². The van der Waals surface area contributed by atoms with Crippen LogP contribution in [-0.2, 0) is 17.8 Å². The number of aromatic nitrogens is 1. The fraction of sp³-hybridized carbons (Fsp3) is 0.450. The van der Waals surface area contributed by atoms with Crippen LogP contribution in [0.2, 0.25) is 0 Å². The summed E-state index contributed by atoms with van der Waals surface area (Å²) in [7, 11) is 0. The highest BCUT2D eigenvalue weighted by Crippen LogP contribution is 2.28. The van der Waals surface area contributed by atoms with Gasteiger partial charge in [0.2, 0.25) is 5.91 Å². The third-order valence-electron chi connectivity index (χ3n) is 5.40. The predicted molar refractivity (Wildman–Crippen MR) is 98.7 cm³/mol. The van der Waals surface area contributed by atoms with E-state index >= 15 is 0 Å². The molecule has 0 radical (unpaired) electrons. The second-order valence-electron chi connectivity index (χ2n) is 7.33. The minimum Gasteiger partial charge on any atom is -0.493 e. The van der Waals surface area contributed by atoms with Crippen molar-refractivity contribution in [3.63, 3.8) is 0 Å². The zero-order chi connectivity index (χ0) is 19.7. The van der Waals surface area contributed by atoms with Crippen molar-refractivity contribution in [2.75, 3.05) is 6.61 Å². The van der Waals surface area contributed by atoms with Crippen molar-refractivity contribution in [1.82, 2.24) is 15.6 Å². The molecule has 1 saturated carbocycles. The number of carbonyl (C=O) groups excluding carboxylic acids is 2. The molecule has 2 aliphatic rings. The minimum absolute atomic E-state index is 0.120. The topological polar surface area (TPSA) is 114 Å². The third kappa shape index (κ3) is 3.73. The molecule has 1 aliphatic heterocycles. The number of aliphatic hydroxyl groups is 1. The molecule has 2 heterocycles. The Bertz CT molecular complexity index is 894. The van der Waals surface area contributed by atoms with Crippen LogP contribution in [-0.4, -0.2) is 40.7 Å². The largest absolute Gasteiger partial charge is 0.493 e. The van der Waals surface area contributed by atoms with Crippen molar-refractivity contribution >= 4 is 11.8 Å². The molecule has 8 nitrogen and oxygen atoms in total. The fourth-order valence-corrected chi connectivity index (χ4v) is 3.83. The van der Waals surface area contributed by atoms with Gasteiger partial charge in [-0.2, -0.15) is 0 Å². The smallest absolute Gasteiger partial charge is 0.273 e. The number of aliphatic hydroxyl groups excluding tert-OH is 1. The van der Waals surface area contributed by atoms with Gasteiger partial charge in [0.15, 0.2) is 12.1 Å². The molecular formula is C20H23N3O5. The molecule has 2 aromatic rings. The zero-order valence-corrected chi connectivity index (χ0v) is 15.6. The molecule has 148 valence electrons. The van der Waals surface area contributed by atoms with Gasteiger partial charge in [0.05, 0.1) is 18.8 Å². The molecule has 0 bridgehead atoms. The van der Waals surface area contributed by atoms with Crippen LogP contribution in [0, 0.1) is 12.8 Å². The molecule has 0 spiro atoms. The number of fused-ring (bicyclic) bond motifs is 1. The van der Waals surface area contributed by atoms with Crippen LogP contribution in [0.3, 0.4) is 0 Å². The molecule has 1 fully saturated rings. The van der Waals surface area contributed by atoms with Gasteiger partial charge in [0, 0.05) is 18.9 Å². The van der Waals surface area contributed by atoms with Crippen molar-refractivity contribution in [3.05, 3.63) is 47.2 Å². The number of ether oxygens (including phenoxy) is 1. The number of hydrogen-bond donors (Lipinski definition) is 3. The van der Waals surface area contributed by atoms with E-state index in [2.05, 4.69) is 21.7 Å². The summed E-state index contributed by atoms with van der Waals surface area (Å²) < 4.78 is 10.5. The number of amides is 2. The Hall–Kier alpha value is -2.87. The summed E-state index contributed by atoms with van der Waals surface area (Å²) in [4.78, 5) is 28.7. The summed E-state index contributed by atoms with van der Waals surface area (Å²) in [6.07, 6.45) is 2.01. The Balaban J connectivity index is 1.30. The molecule has 1 aliphatic carbocycles. The van der Waals surface area contributed by atoms with Crippen LogP contribution in [0.4, 0.5) is 0 Å². The number of nitrogens with one attached hydrogen (secondary N) is 2. The molecule has 1 aromatic heterocycles. The van der Waals surface area contributed by atoms with Gasteiger partial charge in [-0.3, -0.25) is 9.59 Å². The van der Waals surface area contributed by atoms with Crippen molar-refractivity contribution in [1.29, 1.82) is 0 Å². The number of nitrogens with zero attached hydrogens (tertiary/aromatic N) is 1. The van der Waals surface area contributed by atoms with Gasteiger partial charge in [-0.1, -0.05) is 12.1 Å². The number of rotatable bonds is 5. The average Bonchev–Trinajstić information content (AvgIpc) is 3.39. The average molecular weight is 385 g/mol. The van der Waals surface area contributed by atoms with E-state index in [1.807, 2.05) is 12.1 Å². The zero-order valence-electron chi connectivity index (χ0n) is 15.6. The summed E-state index contributed by atoms with van der Waals surface area (Å²) in [6.45, 7) is 2.77. The lowest BCUT2D eigenvalue weighted by Crippen LogP contribution is -2.40. The fourth-order valence-electron chi connectivity index (χ4n) is 3.83. The van der Waals surface area contributed by atoms with E-state index in [-0.39, 0.29) is 17.5 Å². The van der Waals surface area contributed by atoms with Crippen LogP contribution < -0.4 is 15.4 Å². The van der Waals surface area contributed by atoms with Gasteiger partial charge in [0.1, 0.15) is 11.5 Å². The van der Waals surface area contributed by atoms with E-state index in [1.54, 1.807) is 6.92 Å². The monoisotopic (exact) mass is 385 g/mol. The molecule has 8 heteroatoms. The number of hydrogen-bond acceptors (Lipinski definition) is 6. The molecule has 3 atom stereocenters. The Morgan fingerprint density at radius 1 is 1.32 bits per heavy atom. The van der Waals surface area contributed by atoms with Gasteiger partial charge in [0.25, 0.3) is 5.91 Å². The first-order valence-corrected chi connectivity index (χ1v) is 9.42.